The standard InChI is InChI=1S/2C68H44N2O/c1-2-21-54-46(16-1)34-35-50-43-51(38-41-55(50)54)56-22-3-8-28-62(56)69(65-31-11-6-25-59(65)60-27-15-33-67-68(60)61-26-7-12-32-66(61)71-67)52-39-36-45(37-40-52)47-17-13-18-48(42-47)49-19-14-20-53(44-49)70-63-29-9-4-23-57(63)58-24-5-10-30-64(58)70;1-2-22-56-46(15-1)33-34-52-42-51(37-40-57(52)56)50-19-12-20-54(43-50)69(63-28-7-5-25-60(63)61-27-14-32-67-68(61)62-26-6-10-31-66(62)71-67)53-38-35-45(36-39-53)47-16-11-17-48(41-47)49-18-13-21-55(44-49)70-64-29-8-3-23-58(64)59-24-4-9-30-65(59)70/h2*1-44H. The van der Waals surface area contributed by atoms with Crippen LogP contribution in [0.5, 0.6) is 0 Å². The van der Waals surface area contributed by atoms with Gasteiger partial charge in [0.15, 0.2) is 0 Å². The summed E-state index contributed by atoms with van der Waals surface area (Å²) in [5.41, 5.74) is 35.4. The van der Waals surface area contributed by atoms with Crippen LogP contribution in [0.4, 0.5) is 34.1 Å². The SMILES string of the molecule is c1cc(-c2ccc(N(c3cccc(-c4ccc5c(ccc6ccccc65)c4)c3)c3ccccc3-c3cccc4oc5ccccc5c34)cc2)cc(-c2cccc(-n3c4ccccc4c4ccccc43)c2)c1.c1cc(-c2ccc(N(c3ccccc3-c3ccc4c(ccc5ccccc54)c3)c3ccccc3-c3cccc4oc5ccccc5c34)cc2)cc(-c2cccc(-n3c4ccccc4c4ccccc43)c2)c1. The highest BCUT2D eigenvalue weighted by molar-refractivity contribution is 6.18. The Morgan fingerprint density at radius 1 is 0.148 bits per heavy atom. The fourth-order valence-electron chi connectivity index (χ4n) is 22.1. The molecule has 28 rings (SSSR count). The molecule has 0 radical (unpaired) electrons. The average molecular weight is 1810 g/mol. The van der Waals surface area contributed by atoms with Gasteiger partial charge in [-0.3, -0.25) is 0 Å². The third kappa shape index (κ3) is 14.4. The molecule has 664 valence electrons. The summed E-state index contributed by atoms with van der Waals surface area (Å²) >= 11 is 0. The molecule has 6 nitrogen and oxygen atoms in total. The van der Waals surface area contributed by atoms with Crippen LogP contribution in [-0.4, -0.2) is 9.13 Å². The van der Waals surface area contributed by atoms with E-state index in [1.165, 1.54) is 115 Å². The minimum atomic E-state index is 0.874. The number of nitrogens with zero attached hydrogens (tertiary/aromatic N) is 4. The molecule has 0 spiro atoms. The van der Waals surface area contributed by atoms with Crippen molar-refractivity contribution in [1.82, 2.24) is 9.13 Å². The van der Waals surface area contributed by atoms with E-state index in [9.17, 15) is 0 Å². The van der Waals surface area contributed by atoms with Gasteiger partial charge in [0.25, 0.3) is 0 Å². The highest BCUT2D eigenvalue weighted by atomic mass is 16.3. The number of fused-ring (bicyclic) bond motifs is 18. The molecule has 0 unspecified atom stereocenters. The first-order chi connectivity index (χ1) is 70.4. The fraction of sp³-hybridized carbons (Fsp3) is 0. The van der Waals surface area contributed by atoms with Gasteiger partial charge in [-0.05, 0) is 267 Å². The van der Waals surface area contributed by atoms with Crippen molar-refractivity contribution in [3.63, 3.8) is 0 Å². The van der Waals surface area contributed by atoms with E-state index in [1.54, 1.807) is 0 Å². The molecule has 0 aliphatic carbocycles. The molecule has 0 aliphatic rings. The van der Waals surface area contributed by atoms with Gasteiger partial charge in [0.05, 0.1) is 39.1 Å². The molecule has 0 atom stereocenters. The number of rotatable bonds is 16. The fourth-order valence-corrected chi connectivity index (χ4v) is 22.1. The number of benzene rings is 24. The first-order valence-corrected chi connectivity index (χ1v) is 48.6. The summed E-state index contributed by atoms with van der Waals surface area (Å²) in [6.07, 6.45) is 0. The van der Waals surface area contributed by atoms with Crippen molar-refractivity contribution in [2.75, 3.05) is 9.80 Å². The van der Waals surface area contributed by atoms with Crippen LogP contribution >= 0.6 is 0 Å². The second-order valence-corrected chi connectivity index (χ2v) is 36.9. The molecule has 24 aromatic carbocycles. The Labute approximate surface area is 820 Å². The van der Waals surface area contributed by atoms with Crippen molar-refractivity contribution in [2.45, 2.75) is 0 Å². The normalized spacial score (nSPS) is 11.7. The molecule has 0 aliphatic heterocycles. The van der Waals surface area contributed by atoms with E-state index in [2.05, 4.69) is 541 Å². The Hall–Kier alpha value is -18.9. The highest BCUT2D eigenvalue weighted by Crippen LogP contribution is 2.52. The van der Waals surface area contributed by atoms with E-state index >= 15 is 0 Å². The lowest BCUT2D eigenvalue weighted by molar-refractivity contribution is 0.668. The predicted molar refractivity (Wildman–Crippen MR) is 599 cm³/mol. The zero-order valence-corrected chi connectivity index (χ0v) is 77.4. The van der Waals surface area contributed by atoms with Gasteiger partial charge in [-0.25, -0.2) is 0 Å². The second kappa shape index (κ2) is 34.7. The summed E-state index contributed by atoms with van der Waals surface area (Å²) in [6.45, 7) is 0. The van der Waals surface area contributed by atoms with Gasteiger partial charge in [-0.2, -0.15) is 0 Å². The molecule has 28 aromatic rings. The topological polar surface area (TPSA) is 42.6 Å². The molecule has 142 heavy (non-hydrogen) atoms. The number of anilines is 6. The molecular formula is C136H88N4O2. The van der Waals surface area contributed by atoms with Gasteiger partial charge in [-0.1, -0.05) is 382 Å². The quantitative estimate of drug-likeness (QED) is 0.0904. The Morgan fingerprint density at radius 2 is 0.444 bits per heavy atom. The summed E-state index contributed by atoms with van der Waals surface area (Å²) < 4.78 is 17.7. The Balaban J connectivity index is 0.000000142. The molecule has 0 saturated carbocycles. The average Bonchev–Trinajstić information content (AvgIpc) is 1.68. The van der Waals surface area contributed by atoms with E-state index in [4.69, 9.17) is 8.83 Å². The van der Waals surface area contributed by atoms with Crippen LogP contribution in [0.2, 0.25) is 0 Å². The number of furan rings is 2. The molecule has 0 N–H and O–H groups in total. The van der Waals surface area contributed by atoms with Gasteiger partial charge in [0.1, 0.15) is 22.3 Å². The molecule has 0 saturated heterocycles. The minimum Gasteiger partial charge on any atom is -0.456 e. The molecule has 0 bridgehead atoms. The van der Waals surface area contributed by atoms with E-state index < -0.39 is 0 Å². The Bertz CT molecular complexity index is 9750. The Kier molecular flexibility index (Phi) is 20.2. The lowest BCUT2D eigenvalue weighted by Crippen LogP contribution is -2.12. The first kappa shape index (κ1) is 82.6. The third-order valence-corrected chi connectivity index (χ3v) is 28.7. The lowest BCUT2D eigenvalue weighted by Gasteiger charge is -2.30. The summed E-state index contributed by atoms with van der Waals surface area (Å²) in [5.74, 6) is 0. The number of hydrogen-bond acceptors (Lipinski definition) is 4. The maximum Gasteiger partial charge on any atom is 0.136 e. The minimum absolute atomic E-state index is 0.874. The third-order valence-electron chi connectivity index (χ3n) is 28.7. The van der Waals surface area contributed by atoms with Gasteiger partial charge < -0.3 is 27.8 Å². The van der Waals surface area contributed by atoms with Crippen molar-refractivity contribution < 1.29 is 8.83 Å². The summed E-state index contributed by atoms with van der Waals surface area (Å²) in [4.78, 5) is 4.85. The number of hydrogen-bond donors (Lipinski definition) is 0. The van der Waals surface area contributed by atoms with E-state index in [0.29, 0.717) is 0 Å². The Morgan fingerprint density at radius 3 is 0.915 bits per heavy atom. The van der Waals surface area contributed by atoms with Gasteiger partial charge >= 0.3 is 0 Å². The lowest BCUT2D eigenvalue weighted by atomic mass is 9.94. The van der Waals surface area contributed by atoms with Gasteiger partial charge in [0.2, 0.25) is 0 Å². The maximum absolute atomic E-state index is 6.45. The molecule has 4 aromatic heterocycles. The maximum atomic E-state index is 6.45. The van der Waals surface area contributed by atoms with E-state index in [1.807, 2.05) is 12.1 Å². The van der Waals surface area contributed by atoms with Crippen molar-refractivity contribution in [2.24, 2.45) is 0 Å². The number of para-hydroxylation sites is 9. The molecule has 0 amide bonds. The molecular weight excluding hydrogens is 1720 g/mol. The van der Waals surface area contributed by atoms with Gasteiger partial charge in [-0.15, -0.1) is 0 Å². The monoisotopic (exact) mass is 1810 g/mol. The van der Waals surface area contributed by atoms with Gasteiger partial charge in [0, 0.05) is 88.2 Å². The largest absolute Gasteiger partial charge is 0.456 e. The van der Waals surface area contributed by atoms with Crippen LogP contribution in [-0.2, 0) is 0 Å². The van der Waals surface area contributed by atoms with Crippen molar-refractivity contribution in [3.8, 4) is 100 Å². The van der Waals surface area contributed by atoms with Crippen molar-refractivity contribution in [3.05, 3.63) is 534 Å². The molecule has 4 heterocycles. The summed E-state index contributed by atoms with van der Waals surface area (Å²) in [6, 6.07) is 194. The highest BCUT2D eigenvalue weighted by Gasteiger charge is 2.27. The zero-order chi connectivity index (χ0) is 93.7. The van der Waals surface area contributed by atoms with Crippen LogP contribution in [0.25, 0.3) is 231 Å². The van der Waals surface area contributed by atoms with Crippen LogP contribution in [0, 0.1) is 0 Å². The number of aromatic nitrogens is 2. The van der Waals surface area contributed by atoms with Crippen molar-refractivity contribution in [1.29, 1.82) is 0 Å². The summed E-state index contributed by atoms with van der Waals surface area (Å²) in [7, 11) is 0. The van der Waals surface area contributed by atoms with Crippen LogP contribution in [0.3, 0.4) is 0 Å². The first-order valence-electron chi connectivity index (χ1n) is 48.6. The predicted octanol–water partition coefficient (Wildman–Crippen LogP) is 38.3. The van der Waals surface area contributed by atoms with Crippen LogP contribution in [0.1, 0.15) is 0 Å². The van der Waals surface area contributed by atoms with E-state index in [0.717, 1.165) is 151 Å². The second-order valence-electron chi connectivity index (χ2n) is 36.9. The van der Waals surface area contributed by atoms with Crippen LogP contribution < -0.4 is 9.80 Å². The molecule has 6 heteroatoms. The van der Waals surface area contributed by atoms with Crippen molar-refractivity contribution >= 4 is 165 Å². The molecule has 0 fully saturated rings. The van der Waals surface area contributed by atoms with E-state index in [-0.39, 0.29) is 0 Å². The smallest absolute Gasteiger partial charge is 0.136 e. The van der Waals surface area contributed by atoms with Crippen LogP contribution in [0.15, 0.2) is 543 Å². The summed E-state index contributed by atoms with van der Waals surface area (Å²) in [5, 5.41) is 19.5. The zero-order valence-electron chi connectivity index (χ0n) is 77.4.